The smallest absolute Gasteiger partial charge is 0.0693 e. The molecule has 2 aromatic carbocycles. The van der Waals surface area contributed by atoms with Gasteiger partial charge in [-0.25, -0.2) is 0 Å². The summed E-state index contributed by atoms with van der Waals surface area (Å²) in [4.78, 5) is 0. The van der Waals surface area contributed by atoms with Gasteiger partial charge in [-0.05, 0) is 41.9 Å². The second-order valence-electron chi connectivity index (χ2n) is 5.84. The molecule has 0 aromatic heterocycles. The Hall–Kier alpha value is -1.35. The average molecular weight is 304 g/mol. The van der Waals surface area contributed by atoms with Crippen LogP contribution in [0.5, 0.6) is 0 Å². The fourth-order valence-electron chi connectivity index (χ4n) is 3.12. The van der Waals surface area contributed by atoms with Gasteiger partial charge < -0.3 is 10.8 Å². The molecule has 0 bridgehead atoms. The summed E-state index contributed by atoms with van der Waals surface area (Å²) in [5.41, 5.74) is 9.70. The number of halogens is 1. The van der Waals surface area contributed by atoms with Crippen molar-refractivity contribution < 1.29 is 5.11 Å². The Kier molecular flexibility index (Phi) is 5.40. The van der Waals surface area contributed by atoms with Crippen LogP contribution < -0.4 is 5.73 Å². The fourth-order valence-corrected chi connectivity index (χ4v) is 3.12. The summed E-state index contributed by atoms with van der Waals surface area (Å²) >= 11 is 0. The molecule has 2 aromatic rings. The minimum atomic E-state index is -0.316. The van der Waals surface area contributed by atoms with Gasteiger partial charge in [0.25, 0.3) is 0 Å². The first-order valence-corrected chi connectivity index (χ1v) is 7.30. The predicted molar refractivity (Wildman–Crippen MR) is 89.5 cm³/mol. The summed E-state index contributed by atoms with van der Waals surface area (Å²) in [5, 5.41) is 9.71. The second-order valence-corrected chi connectivity index (χ2v) is 5.84. The van der Waals surface area contributed by atoms with Crippen LogP contribution in [0.1, 0.15) is 18.4 Å². The number of rotatable bonds is 3. The molecule has 2 nitrogen and oxygen atoms in total. The highest BCUT2D eigenvalue weighted by Gasteiger charge is 2.29. The van der Waals surface area contributed by atoms with Crippen molar-refractivity contribution in [3.63, 3.8) is 0 Å². The molecule has 21 heavy (non-hydrogen) atoms. The van der Waals surface area contributed by atoms with Crippen molar-refractivity contribution in [1.82, 2.24) is 0 Å². The maximum atomic E-state index is 9.71. The third kappa shape index (κ3) is 3.85. The molecule has 1 aliphatic rings. The highest BCUT2D eigenvalue weighted by molar-refractivity contribution is 5.85. The van der Waals surface area contributed by atoms with Crippen LogP contribution >= 0.6 is 12.4 Å². The van der Waals surface area contributed by atoms with E-state index in [4.69, 9.17) is 5.73 Å². The number of hydrogen-bond donors (Lipinski definition) is 2. The molecular weight excluding hydrogens is 282 g/mol. The van der Waals surface area contributed by atoms with Gasteiger partial charge in [0.05, 0.1) is 6.10 Å². The van der Waals surface area contributed by atoms with Gasteiger partial charge >= 0.3 is 0 Å². The van der Waals surface area contributed by atoms with E-state index in [0.717, 1.165) is 19.3 Å². The van der Waals surface area contributed by atoms with E-state index in [1.165, 1.54) is 16.7 Å². The monoisotopic (exact) mass is 303 g/mol. The largest absolute Gasteiger partial charge is 0.392 e. The molecular formula is C18H22ClNO. The zero-order valence-corrected chi connectivity index (χ0v) is 12.8. The molecule has 3 atom stereocenters. The van der Waals surface area contributed by atoms with E-state index in [9.17, 15) is 5.11 Å². The van der Waals surface area contributed by atoms with Crippen molar-refractivity contribution in [2.45, 2.75) is 31.4 Å². The molecule has 112 valence electrons. The Labute approximate surface area is 132 Å². The summed E-state index contributed by atoms with van der Waals surface area (Å²) in [7, 11) is 0. The predicted octanol–water partition coefficient (Wildman–Crippen LogP) is 3.42. The molecule has 3 rings (SSSR count). The molecule has 0 spiro atoms. The minimum Gasteiger partial charge on any atom is -0.392 e. The van der Waals surface area contributed by atoms with Crippen LogP contribution in [0.25, 0.3) is 11.1 Å². The second kappa shape index (κ2) is 7.08. The highest BCUT2D eigenvalue weighted by Crippen LogP contribution is 2.28. The Morgan fingerprint density at radius 3 is 2.10 bits per heavy atom. The average Bonchev–Trinajstić information content (AvgIpc) is 2.79. The first-order chi connectivity index (χ1) is 9.72. The lowest BCUT2D eigenvalue weighted by molar-refractivity contribution is 0.161. The van der Waals surface area contributed by atoms with E-state index in [2.05, 4.69) is 48.5 Å². The van der Waals surface area contributed by atoms with Gasteiger partial charge in [0.15, 0.2) is 0 Å². The van der Waals surface area contributed by atoms with E-state index < -0.39 is 0 Å². The van der Waals surface area contributed by atoms with Gasteiger partial charge in [-0.15, -0.1) is 12.4 Å². The molecule has 3 heteroatoms. The van der Waals surface area contributed by atoms with E-state index in [-0.39, 0.29) is 24.6 Å². The van der Waals surface area contributed by atoms with Crippen molar-refractivity contribution in [1.29, 1.82) is 0 Å². The number of benzene rings is 2. The quantitative estimate of drug-likeness (QED) is 0.912. The van der Waals surface area contributed by atoms with Gasteiger partial charge in [0, 0.05) is 6.04 Å². The lowest BCUT2D eigenvalue weighted by Crippen LogP contribution is -2.28. The Morgan fingerprint density at radius 1 is 0.905 bits per heavy atom. The molecule has 0 radical (unpaired) electrons. The number of nitrogens with two attached hydrogens (primary N) is 1. The first-order valence-electron chi connectivity index (χ1n) is 7.30. The molecule has 0 heterocycles. The summed E-state index contributed by atoms with van der Waals surface area (Å²) < 4.78 is 0. The fraction of sp³-hybridized carbons (Fsp3) is 0.333. The lowest BCUT2D eigenvalue weighted by atomic mass is 9.96. The normalized spacial score (nSPS) is 24.6. The van der Waals surface area contributed by atoms with E-state index in [0.29, 0.717) is 5.92 Å². The van der Waals surface area contributed by atoms with Gasteiger partial charge in [0.2, 0.25) is 0 Å². The summed E-state index contributed by atoms with van der Waals surface area (Å²) in [6.45, 7) is 0. The molecule has 0 aliphatic heterocycles. The van der Waals surface area contributed by atoms with Crippen LogP contribution in [-0.2, 0) is 6.42 Å². The first kappa shape index (κ1) is 16.0. The zero-order valence-electron chi connectivity index (χ0n) is 12.0. The summed E-state index contributed by atoms with van der Waals surface area (Å²) in [6, 6.07) is 19.1. The van der Waals surface area contributed by atoms with Gasteiger partial charge in [-0.3, -0.25) is 0 Å². The van der Waals surface area contributed by atoms with Crippen LogP contribution in [0.15, 0.2) is 54.6 Å². The topological polar surface area (TPSA) is 46.2 Å². The van der Waals surface area contributed by atoms with Crippen LogP contribution in [0.3, 0.4) is 0 Å². The van der Waals surface area contributed by atoms with Crippen LogP contribution in [0.2, 0.25) is 0 Å². The Bertz CT molecular complexity index is 545. The van der Waals surface area contributed by atoms with Gasteiger partial charge in [-0.1, -0.05) is 54.6 Å². The van der Waals surface area contributed by atoms with Crippen molar-refractivity contribution in [2.75, 3.05) is 0 Å². The minimum absolute atomic E-state index is 0. The molecule has 0 unspecified atom stereocenters. The van der Waals surface area contributed by atoms with Crippen molar-refractivity contribution >= 4 is 12.4 Å². The van der Waals surface area contributed by atoms with Crippen molar-refractivity contribution in [3.05, 3.63) is 60.2 Å². The lowest BCUT2D eigenvalue weighted by Gasteiger charge is -2.10. The SMILES string of the molecule is Cl.N[C@@H]1C[C@H](Cc2ccc(-c3ccccc3)cc2)C[C@@H]1O. The number of aliphatic hydroxyl groups excluding tert-OH is 1. The van der Waals surface area contributed by atoms with E-state index >= 15 is 0 Å². The zero-order chi connectivity index (χ0) is 13.9. The summed E-state index contributed by atoms with van der Waals surface area (Å²) in [5.74, 6) is 0.516. The maximum Gasteiger partial charge on any atom is 0.0693 e. The molecule has 3 N–H and O–H groups in total. The van der Waals surface area contributed by atoms with Gasteiger partial charge in [0.1, 0.15) is 0 Å². The maximum absolute atomic E-state index is 9.71. The highest BCUT2D eigenvalue weighted by atomic mass is 35.5. The Balaban J connectivity index is 0.00000161. The van der Waals surface area contributed by atoms with Gasteiger partial charge in [-0.2, -0.15) is 0 Å². The molecule has 0 amide bonds. The number of aliphatic hydroxyl groups is 1. The van der Waals surface area contributed by atoms with Crippen LogP contribution in [0.4, 0.5) is 0 Å². The molecule has 1 saturated carbocycles. The molecule has 0 saturated heterocycles. The standard InChI is InChI=1S/C18H21NO.ClH/c19-17-11-14(12-18(17)20)10-13-6-8-16(9-7-13)15-4-2-1-3-5-15;/h1-9,14,17-18,20H,10-12,19H2;1H/t14-,17+,18-;/m0./s1. The van der Waals surface area contributed by atoms with Crippen LogP contribution in [-0.4, -0.2) is 17.3 Å². The number of hydrogen-bond acceptors (Lipinski definition) is 2. The third-order valence-corrected chi connectivity index (χ3v) is 4.26. The van der Waals surface area contributed by atoms with Crippen molar-refractivity contribution in [3.8, 4) is 11.1 Å². The van der Waals surface area contributed by atoms with Crippen LogP contribution in [0, 0.1) is 5.92 Å². The van der Waals surface area contributed by atoms with E-state index in [1.54, 1.807) is 0 Å². The van der Waals surface area contributed by atoms with Crippen molar-refractivity contribution in [2.24, 2.45) is 11.7 Å². The Morgan fingerprint density at radius 2 is 1.52 bits per heavy atom. The summed E-state index contributed by atoms with van der Waals surface area (Å²) in [6.07, 6.45) is 2.46. The molecule has 1 aliphatic carbocycles. The molecule has 1 fully saturated rings. The third-order valence-electron chi connectivity index (χ3n) is 4.26. The van der Waals surface area contributed by atoms with E-state index in [1.807, 2.05) is 6.07 Å².